The van der Waals surface area contributed by atoms with Crippen LogP contribution in [0.2, 0.25) is 0 Å². The van der Waals surface area contributed by atoms with E-state index in [2.05, 4.69) is 0 Å². The lowest BCUT2D eigenvalue weighted by Gasteiger charge is -2.31. The number of fused-ring (bicyclic) bond motifs is 1. The average Bonchev–Trinajstić information content (AvgIpc) is 2.58. The van der Waals surface area contributed by atoms with Crippen LogP contribution < -0.4 is 4.90 Å². The summed E-state index contributed by atoms with van der Waals surface area (Å²) in [6.07, 6.45) is 2.61. The highest BCUT2D eigenvalue weighted by Gasteiger charge is 2.31. The van der Waals surface area contributed by atoms with Crippen LogP contribution in [0, 0.1) is 5.92 Å². The second-order valence-electron chi connectivity index (χ2n) is 6.30. The van der Waals surface area contributed by atoms with Gasteiger partial charge in [0.05, 0.1) is 4.90 Å². The zero-order valence-electron chi connectivity index (χ0n) is 13.2. The summed E-state index contributed by atoms with van der Waals surface area (Å²) in [6.45, 7) is 0.881. The van der Waals surface area contributed by atoms with Gasteiger partial charge in [0.25, 0.3) is 0 Å². The third-order valence-electron chi connectivity index (χ3n) is 4.77. The van der Waals surface area contributed by atoms with E-state index in [1.165, 1.54) is 4.31 Å². The number of hydrogen-bond acceptors (Lipinski definition) is 4. The summed E-state index contributed by atoms with van der Waals surface area (Å²) in [6, 6.07) is 4.98. The highest BCUT2D eigenvalue weighted by atomic mass is 32.2. The Bertz CT molecular complexity index is 717. The molecular weight excluding hydrogens is 316 g/mol. The van der Waals surface area contributed by atoms with Crippen molar-refractivity contribution >= 4 is 21.6 Å². The second kappa shape index (κ2) is 6.22. The Morgan fingerprint density at radius 1 is 1.30 bits per heavy atom. The molecule has 2 aliphatic rings. The minimum Gasteiger partial charge on any atom is -0.396 e. The average molecular weight is 338 g/mol. The first-order valence-electron chi connectivity index (χ1n) is 7.94. The smallest absolute Gasteiger partial charge is 0.243 e. The van der Waals surface area contributed by atoms with Crippen LogP contribution in [0.3, 0.4) is 0 Å². The molecule has 1 aromatic carbocycles. The summed E-state index contributed by atoms with van der Waals surface area (Å²) in [5.74, 6) is 0.0647. The monoisotopic (exact) mass is 338 g/mol. The molecule has 6 nitrogen and oxygen atoms in total. The number of aliphatic hydroxyl groups is 1. The molecule has 0 aromatic heterocycles. The molecule has 1 N–H and O–H groups in total. The molecule has 0 aliphatic carbocycles. The lowest BCUT2D eigenvalue weighted by atomic mass is 10.0. The molecule has 7 heteroatoms. The highest BCUT2D eigenvalue weighted by Crippen LogP contribution is 2.31. The lowest BCUT2D eigenvalue weighted by molar-refractivity contribution is -0.118. The SMILES string of the molecule is CN1C(=O)CCc2cc(S(=O)(=O)N3CCCC(CO)C3)ccc21. The molecule has 126 valence electrons. The van der Waals surface area contributed by atoms with E-state index in [9.17, 15) is 18.3 Å². The zero-order chi connectivity index (χ0) is 16.6. The molecular formula is C16H22N2O4S. The Kier molecular flexibility index (Phi) is 4.44. The summed E-state index contributed by atoms with van der Waals surface area (Å²) in [4.78, 5) is 13.6. The minimum absolute atomic E-state index is 0.0138. The zero-order valence-corrected chi connectivity index (χ0v) is 14.1. The summed E-state index contributed by atoms with van der Waals surface area (Å²) in [5.41, 5.74) is 1.68. The maximum Gasteiger partial charge on any atom is 0.243 e. The van der Waals surface area contributed by atoms with Crippen molar-refractivity contribution in [2.45, 2.75) is 30.6 Å². The topological polar surface area (TPSA) is 77.9 Å². The number of anilines is 1. The molecule has 1 unspecified atom stereocenters. The molecule has 0 saturated carbocycles. The number of aryl methyl sites for hydroxylation is 1. The van der Waals surface area contributed by atoms with Gasteiger partial charge in [0.1, 0.15) is 0 Å². The van der Waals surface area contributed by atoms with Gasteiger partial charge in [-0.2, -0.15) is 4.31 Å². The van der Waals surface area contributed by atoms with Crippen molar-refractivity contribution in [2.24, 2.45) is 5.92 Å². The standard InChI is InChI=1S/C16H22N2O4S/c1-17-15-6-5-14(9-13(15)4-7-16(17)20)23(21,22)18-8-2-3-12(10-18)11-19/h5-6,9,12,19H,2-4,7-8,10-11H2,1H3. The van der Waals surface area contributed by atoms with E-state index in [1.54, 1.807) is 30.1 Å². The fraction of sp³-hybridized carbons (Fsp3) is 0.562. The lowest BCUT2D eigenvalue weighted by Crippen LogP contribution is -2.41. The van der Waals surface area contributed by atoms with Gasteiger partial charge < -0.3 is 10.0 Å². The van der Waals surface area contributed by atoms with E-state index >= 15 is 0 Å². The van der Waals surface area contributed by atoms with Crippen LogP contribution in [-0.2, 0) is 21.2 Å². The summed E-state index contributed by atoms with van der Waals surface area (Å²) < 4.78 is 27.2. The van der Waals surface area contributed by atoms with Crippen LogP contribution in [0.15, 0.2) is 23.1 Å². The minimum atomic E-state index is -3.55. The quantitative estimate of drug-likeness (QED) is 0.891. The molecule has 1 amide bonds. The maximum absolute atomic E-state index is 12.8. The number of carbonyl (C=O) groups is 1. The molecule has 1 saturated heterocycles. The second-order valence-corrected chi connectivity index (χ2v) is 8.24. The van der Waals surface area contributed by atoms with Crippen molar-refractivity contribution < 1.29 is 18.3 Å². The van der Waals surface area contributed by atoms with Crippen molar-refractivity contribution in [3.05, 3.63) is 23.8 Å². The Balaban J connectivity index is 1.90. The van der Waals surface area contributed by atoms with Gasteiger partial charge in [0, 0.05) is 38.9 Å². The first-order chi connectivity index (χ1) is 10.9. The van der Waals surface area contributed by atoms with Crippen LogP contribution in [0.1, 0.15) is 24.8 Å². The van der Waals surface area contributed by atoms with Gasteiger partial charge in [-0.05, 0) is 48.9 Å². The van der Waals surface area contributed by atoms with Crippen molar-refractivity contribution in [3.63, 3.8) is 0 Å². The van der Waals surface area contributed by atoms with Crippen molar-refractivity contribution in [2.75, 3.05) is 31.6 Å². The Morgan fingerprint density at radius 2 is 2.09 bits per heavy atom. The Hall–Kier alpha value is -1.44. The molecule has 23 heavy (non-hydrogen) atoms. The number of sulfonamides is 1. The van der Waals surface area contributed by atoms with Gasteiger partial charge in [0.15, 0.2) is 0 Å². The van der Waals surface area contributed by atoms with E-state index in [1.807, 2.05) is 0 Å². The molecule has 2 aliphatic heterocycles. The number of rotatable bonds is 3. The molecule has 0 radical (unpaired) electrons. The van der Waals surface area contributed by atoms with E-state index in [-0.39, 0.29) is 23.3 Å². The maximum atomic E-state index is 12.8. The Morgan fingerprint density at radius 3 is 2.83 bits per heavy atom. The number of carbonyl (C=O) groups excluding carboxylic acids is 1. The van der Waals surface area contributed by atoms with Gasteiger partial charge in [-0.25, -0.2) is 8.42 Å². The summed E-state index contributed by atoms with van der Waals surface area (Å²) in [5, 5.41) is 9.30. The molecule has 0 spiro atoms. The van der Waals surface area contributed by atoms with Gasteiger partial charge in [-0.1, -0.05) is 0 Å². The fourth-order valence-electron chi connectivity index (χ4n) is 3.34. The number of hydrogen-bond donors (Lipinski definition) is 1. The largest absolute Gasteiger partial charge is 0.396 e. The molecule has 3 rings (SSSR count). The highest BCUT2D eigenvalue weighted by molar-refractivity contribution is 7.89. The van der Waals surface area contributed by atoms with E-state index in [0.717, 1.165) is 24.1 Å². The number of aliphatic hydroxyl groups excluding tert-OH is 1. The van der Waals surface area contributed by atoms with Crippen molar-refractivity contribution in [3.8, 4) is 0 Å². The van der Waals surface area contributed by atoms with Crippen LogP contribution in [0.4, 0.5) is 5.69 Å². The number of nitrogens with zero attached hydrogens (tertiary/aromatic N) is 2. The van der Waals surface area contributed by atoms with E-state index in [0.29, 0.717) is 25.9 Å². The number of benzene rings is 1. The number of piperidine rings is 1. The molecule has 1 fully saturated rings. The third kappa shape index (κ3) is 3.00. The normalized spacial score (nSPS) is 23.0. The van der Waals surface area contributed by atoms with Crippen LogP contribution in [0.5, 0.6) is 0 Å². The van der Waals surface area contributed by atoms with Gasteiger partial charge in [0.2, 0.25) is 15.9 Å². The third-order valence-corrected chi connectivity index (χ3v) is 6.63. The van der Waals surface area contributed by atoms with E-state index < -0.39 is 10.0 Å². The summed E-state index contributed by atoms with van der Waals surface area (Å²) >= 11 is 0. The fourth-order valence-corrected chi connectivity index (χ4v) is 4.94. The van der Waals surface area contributed by atoms with Gasteiger partial charge >= 0.3 is 0 Å². The molecule has 1 atom stereocenters. The molecule has 0 bridgehead atoms. The van der Waals surface area contributed by atoms with Crippen LogP contribution in [0.25, 0.3) is 0 Å². The first-order valence-corrected chi connectivity index (χ1v) is 9.38. The molecule has 2 heterocycles. The van der Waals surface area contributed by atoms with E-state index in [4.69, 9.17) is 0 Å². The van der Waals surface area contributed by atoms with Crippen molar-refractivity contribution in [1.82, 2.24) is 4.31 Å². The predicted octanol–water partition coefficient (Wildman–Crippen LogP) is 0.989. The number of amides is 1. The van der Waals surface area contributed by atoms with Crippen molar-refractivity contribution in [1.29, 1.82) is 0 Å². The predicted molar refractivity (Wildman–Crippen MR) is 86.7 cm³/mol. The van der Waals surface area contributed by atoms with Crippen LogP contribution >= 0.6 is 0 Å². The van der Waals surface area contributed by atoms with Gasteiger partial charge in [-0.15, -0.1) is 0 Å². The Labute approximate surface area is 136 Å². The summed E-state index contributed by atoms with van der Waals surface area (Å²) in [7, 11) is -1.84. The van der Waals surface area contributed by atoms with Crippen LogP contribution in [-0.4, -0.2) is 50.5 Å². The van der Waals surface area contributed by atoms with Gasteiger partial charge in [-0.3, -0.25) is 4.79 Å². The molecule has 1 aromatic rings. The first kappa shape index (κ1) is 16.4.